The number of aromatic nitrogens is 1. The van der Waals surface area contributed by atoms with E-state index in [0.29, 0.717) is 31.2 Å². The maximum Gasteiger partial charge on any atom is 0.220 e. The average Bonchev–Trinajstić information content (AvgIpc) is 2.75. The Morgan fingerprint density at radius 2 is 1.79 bits per heavy atom. The zero-order chi connectivity index (χ0) is 20.9. The highest BCUT2D eigenvalue weighted by molar-refractivity contribution is 5.98. The first-order chi connectivity index (χ1) is 14.1. The quantitative estimate of drug-likeness (QED) is 0.401. The van der Waals surface area contributed by atoms with Crippen molar-refractivity contribution in [1.29, 1.82) is 0 Å². The summed E-state index contributed by atoms with van der Waals surface area (Å²) < 4.78 is 11.1. The Hall–Kier alpha value is -2.89. The molecule has 2 rings (SSSR count). The van der Waals surface area contributed by atoms with Crippen molar-refractivity contribution in [1.82, 2.24) is 10.3 Å². The van der Waals surface area contributed by atoms with Gasteiger partial charge in [0.05, 0.1) is 13.2 Å². The summed E-state index contributed by atoms with van der Waals surface area (Å²) >= 11 is 0. The van der Waals surface area contributed by atoms with Crippen LogP contribution in [0.2, 0.25) is 0 Å². The number of unbranched alkanes of at least 4 members (excludes halogenated alkanes) is 2. The molecule has 1 aromatic carbocycles. The highest BCUT2D eigenvalue weighted by Crippen LogP contribution is 2.16. The number of pyridine rings is 1. The summed E-state index contributed by atoms with van der Waals surface area (Å²) in [6, 6.07) is 10.8. The van der Waals surface area contributed by atoms with Gasteiger partial charge in [0.1, 0.15) is 5.75 Å². The van der Waals surface area contributed by atoms with Crippen LogP contribution in [-0.2, 0) is 11.3 Å². The highest BCUT2D eigenvalue weighted by Gasteiger charge is 2.11. The Morgan fingerprint density at radius 1 is 1.00 bits per heavy atom. The molecule has 0 saturated carbocycles. The molecule has 156 valence electrons. The van der Waals surface area contributed by atoms with Crippen molar-refractivity contribution in [3.05, 3.63) is 53.7 Å². The van der Waals surface area contributed by atoms with Gasteiger partial charge in [-0.2, -0.15) is 0 Å². The van der Waals surface area contributed by atoms with E-state index in [1.165, 1.54) is 0 Å². The van der Waals surface area contributed by atoms with E-state index in [-0.39, 0.29) is 24.5 Å². The summed E-state index contributed by atoms with van der Waals surface area (Å²) in [5.74, 6) is 1.04. The molecule has 0 aliphatic rings. The van der Waals surface area contributed by atoms with Gasteiger partial charge >= 0.3 is 0 Å². The molecule has 1 aromatic heterocycles. The summed E-state index contributed by atoms with van der Waals surface area (Å²) in [5.41, 5.74) is 1.40. The van der Waals surface area contributed by atoms with Crippen LogP contribution in [-0.4, -0.2) is 29.9 Å². The van der Waals surface area contributed by atoms with Crippen LogP contribution in [0.15, 0.2) is 42.6 Å². The van der Waals surface area contributed by atoms with Crippen LogP contribution >= 0.6 is 0 Å². The van der Waals surface area contributed by atoms with Crippen LogP contribution in [0.1, 0.15) is 61.9 Å². The van der Waals surface area contributed by atoms with Gasteiger partial charge < -0.3 is 14.8 Å². The molecular formula is C23H30N2O4. The molecule has 0 spiro atoms. The summed E-state index contributed by atoms with van der Waals surface area (Å²) in [6.45, 7) is 5.55. The lowest BCUT2D eigenvalue weighted by atomic mass is 10.1. The van der Waals surface area contributed by atoms with Gasteiger partial charge in [-0.25, -0.2) is 4.98 Å². The number of ether oxygens (including phenoxy) is 2. The van der Waals surface area contributed by atoms with E-state index in [1.807, 2.05) is 13.0 Å². The van der Waals surface area contributed by atoms with E-state index in [2.05, 4.69) is 17.2 Å². The molecule has 0 aliphatic carbocycles. The Balaban J connectivity index is 1.75. The van der Waals surface area contributed by atoms with Crippen molar-refractivity contribution in [3.8, 4) is 11.6 Å². The SMILES string of the molecule is CCCCCOc1ccc(C(=O)CCC(=O)NCc2cccnc2OCC)cc1. The number of amides is 1. The third kappa shape index (κ3) is 7.94. The number of nitrogens with one attached hydrogen (secondary N) is 1. The van der Waals surface area contributed by atoms with Crippen molar-refractivity contribution in [2.24, 2.45) is 0 Å². The summed E-state index contributed by atoms with van der Waals surface area (Å²) in [7, 11) is 0. The minimum Gasteiger partial charge on any atom is -0.494 e. The van der Waals surface area contributed by atoms with Gasteiger partial charge in [-0.1, -0.05) is 25.8 Å². The largest absolute Gasteiger partial charge is 0.494 e. The smallest absolute Gasteiger partial charge is 0.220 e. The Morgan fingerprint density at radius 3 is 2.52 bits per heavy atom. The van der Waals surface area contributed by atoms with Gasteiger partial charge in [0.15, 0.2) is 5.78 Å². The maximum absolute atomic E-state index is 12.3. The minimum atomic E-state index is -0.180. The monoisotopic (exact) mass is 398 g/mol. The molecule has 0 aliphatic heterocycles. The van der Waals surface area contributed by atoms with Crippen molar-refractivity contribution in [2.45, 2.75) is 52.5 Å². The molecule has 1 heterocycles. The van der Waals surface area contributed by atoms with Crippen molar-refractivity contribution in [3.63, 3.8) is 0 Å². The minimum absolute atomic E-state index is 0.0610. The second kappa shape index (κ2) is 12.5. The normalized spacial score (nSPS) is 10.4. The van der Waals surface area contributed by atoms with Gasteiger partial charge in [-0.3, -0.25) is 9.59 Å². The predicted molar refractivity (Wildman–Crippen MR) is 112 cm³/mol. The lowest BCUT2D eigenvalue weighted by Gasteiger charge is -2.10. The first-order valence-corrected chi connectivity index (χ1v) is 10.2. The first kappa shape index (κ1) is 22.4. The van der Waals surface area contributed by atoms with Crippen molar-refractivity contribution in [2.75, 3.05) is 13.2 Å². The number of nitrogens with zero attached hydrogens (tertiary/aromatic N) is 1. The van der Waals surface area contributed by atoms with Crippen LogP contribution in [0.3, 0.4) is 0 Å². The third-order valence-corrected chi connectivity index (χ3v) is 4.38. The molecule has 0 bridgehead atoms. The molecule has 0 fully saturated rings. The second-order valence-electron chi connectivity index (χ2n) is 6.68. The third-order valence-electron chi connectivity index (χ3n) is 4.38. The topological polar surface area (TPSA) is 77.5 Å². The van der Waals surface area contributed by atoms with Gasteiger partial charge in [0, 0.05) is 36.7 Å². The van der Waals surface area contributed by atoms with Gasteiger partial charge in [-0.15, -0.1) is 0 Å². The molecule has 1 amide bonds. The molecule has 0 saturated heterocycles. The summed E-state index contributed by atoms with van der Waals surface area (Å²) in [4.78, 5) is 28.6. The highest BCUT2D eigenvalue weighted by atomic mass is 16.5. The lowest BCUT2D eigenvalue weighted by molar-refractivity contribution is -0.121. The van der Waals surface area contributed by atoms with Gasteiger partial charge in [0.25, 0.3) is 0 Å². The predicted octanol–water partition coefficient (Wildman–Crippen LogP) is 4.33. The molecule has 6 heteroatoms. The molecule has 29 heavy (non-hydrogen) atoms. The number of Topliss-reactive ketones (excluding diaryl/α,β-unsaturated/α-hetero) is 1. The van der Waals surface area contributed by atoms with E-state index in [1.54, 1.807) is 36.5 Å². The summed E-state index contributed by atoms with van der Waals surface area (Å²) in [5, 5.41) is 2.82. The van der Waals surface area contributed by atoms with Crippen LogP contribution in [0.4, 0.5) is 0 Å². The molecule has 2 aromatic rings. The van der Waals surface area contributed by atoms with E-state index in [4.69, 9.17) is 9.47 Å². The number of rotatable bonds is 13. The Labute approximate surface area is 172 Å². The van der Waals surface area contributed by atoms with E-state index >= 15 is 0 Å². The van der Waals surface area contributed by atoms with Crippen LogP contribution < -0.4 is 14.8 Å². The number of ketones is 1. The zero-order valence-electron chi connectivity index (χ0n) is 17.3. The Kier molecular flexibility index (Phi) is 9.69. The van der Waals surface area contributed by atoms with E-state index in [0.717, 1.165) is 30.6 Å². The number of carbonyl (C=O) groups excluding carboxylic acids is 2. The molecule has 6 nitrogen and oxygen atoms in total. The van der Waals surface area contributed by atoms with Crippen molar-refractivity contribution < 1.29 is 19.1 Å². The molecular weight excluding hydrogens is 368 g/mol. The van der Waals surface area contributed by atoms with Crippen LogP contribution in [0, 0.1) is 0 Å². The molecule has 1 N–H and O–H groups in total. The van der Waals surface area contributed by atoms with Gasteiger partial charge in [0.2, 0.25) is 11.8 Å². The molecule has 0 unspecified atom stereocenters. The van der Waals surface area contributed by atoms with E-state index < -0.39 is 0 Å². The number of benzene rings is 1. The number of carbonyl (C=O) groups is 2. The Bertz CT molecular complexity index is 775. The van der Waals surface area contributed by atoms with E-state index in [9.17, 15) is 9.59 Å². The van der Waals surface area contributed by atoms with Crippen molar-refractivity contribution >= 4 is 11.7 Å². The fourth-order valence-corrected chi connectivity index (χ4v) is 2.76. The van der Waals surface area contributed by atoms with Crippen LogP contribution in [0.25, 0.3) is 0 Å². The first-order valence-electron chi connectivity index (χ1n) is 10.2. The maximum atomic E-state index is 12.3. The zero-order valence-corrected chi connectivity index (χ0v) is 17.3. The standard InChI is InChI=1S/C23H30N2O4/c1-3-5-6-16-29-20-11-9-18(10-12-20)21(26)13-14-22(27)25-17-19-8-7-15-24-23(19)28-4-2/h7-12,15H,3-6,13-14,16-17H2,1-2H3,(H,25,27). The fourth-order valence-electron chi connectivity index (χ4n) is 2.76. The fraction of sp³-hybridized carbons (Fsp3) is 0.435. The van der Waals surface area contributed by atoms with Crippen LogP contribution in [0.5, 0.6) is 11.6 Å². The number of hydrogen-bond acceptors (Lipinski definition) is 5. The lowest BCUT2D eigenvalue weighted by Crippen LogP contribution is -2.23. The second-order valence-corrected chi connectivity index (χ2v) is 6.68. The molecule has 0 radical (unpaired) electrons. The molecule has 0 atom stereocenters. The summed E-state index contributed by atoms with van der Waals surface area (Å²) in [6.07, 6.45) is 5.27. The number of hydrogen-bond donors (Lipinski definition) is 1. The van der Waals surface area contributed by atoms with Gasteiger partial charge in [-0.05, 0) is 43.7 Å². The average molecular weight is 399 g/mol.